The Morgan fingerprint density at radius 2 is 1.67 bits per heavy atom. The summed E-state index contributed by atoms with van der Waals surface area (Å²) in [4.78, 5) is 12.0. The Balaban J connectivity index is 1.23. The summed E-state index contributed by atoms with van der Waals surface area (Å²) >= 11 is 0. The van der Waals surface area contributed by atoms with Crippen molar-refractivity contribution in [1.82, 2.24) is 0 Å². The first kappa shape index (κ1) is 11.2. The van der Waals surface area contributed by atoms with Crippen LogP contribution < -0.4 is 0 Å². The number of epoxide rings is 2. The molecule has 0 bridgehead atoms. The van der Waals surface area contributed by atoms with E-state index in [2.05, 4.69) is 0 Å². The average Bonchev–Trinajstić information content (AvgIpc) is 3.26. The highest BCUT2D eigenvalue weighted by Gasteiger charge is 2.47. The lowest BCUT2D eigenvalue weighted by atomic mass is 9.89. The van der Waals surface area contributed by atoms with Gasteiger partial charge in [0.2, 0.25) is 0 Å². The standard InChI is InChI=1S/C14H20O4/c15-14(9-2-4-11-13(6-9)18-11)16-7-8-1-3-10-12(5-8)17-10/h8-13H,1-7H2/t8-,9-,10+,11+,12-,13-/m0/s1. The fourth-order valence-electron chi connectivity index (χ4n) is 3.57. The molecule has 2 saturated heterocycles. The third kappa shape index (κ3) is 2.16. The van der Waals surface area contributed by atoms with E-state index < -0.39 is 0 Å². The summed E-state index contributed by atoms with van der Waals surface area (Å²) < 4.78 is 16.4. The molecule has 0 aromatic carbocycles. The summed E-state index contributed by atoms with van der Waals surface area (Å²) in [6, 6.07) is 0. The minimum atomic E-state index is 0.00258. The van der Waals surface area contributed by atoms with Gasteiger partial charge in [-0.05, 0) is 44.4 Å². The number of rotatable bonds is 3. The molecule has 4 aliphatic rings. The molecule has 0 N–H and O–H groups in total. The van der Waals surface area contributed by atoms with E-state index in [-0.39, 0.29) is 11.9 Å². The minimum Gasteiger partial charge on any atom is -0.465 e. The van der Waals surface area contributed by atoms with Gasteiger partial charge in [0.1, 0.15) is 0 Å². The second-order valence-electron chi connectivity index (χ2n) is 6.25. The van der Waals surface area contributed by atoms with Gasteiger partial charge in [-0.25, -0.2) is 0 Å². The van der Waals surface area contributed by atoms with E-state index in [1.165, 1.54) is 0 Å². The zero-order valence-electron chi connectivity index (χ0n) is 10.5. The topological polar surface area (TPSA) is 51.4 Å². The molecule has 2 aliphatic heterocycles. The smallest absolute Gasteiger partial charge is 0.309 e. The van der Waals surface area contributed by atoms with Crippen LogP contribution in [-0.2, 0) is 19.0 Å². The number of hydrogen-bond acceptors (Lipinski definition) is 4. The first-order chi connectivity index (χ1) is 8.79. The first-order valence-corrected chi connectivity index (χ1v) is 7.27. The van der Waals surface area contributed by atoms with Crippen LogP contribution in [0.15, 0.2) is 0 Å². The molecule has 0 radical (unpaired) electrons. The quantitative estimate of drug-likeness (QED) is 0.566. The monoisotopic (exact) mass is 252 g/mol. The number of carbonyl (C=O) groups excluding carboxylic acids is 1. The fraction of sp³-hybridized carbons (Fsp3) is 0.929. The van der Waals surface area contributed by atoms with Crippen LogP contribution in [0.2, 0.25) is 0 Å². The molecule has 4 fully saturated rings. The number of ether oxygens (including phenoxy) is 3. The zero-order valence-corrected chi connectivity index (χ0v) is 10.5. The van der Waals surface area contributed by atoms with Crippen molar-refractivity contribution in [2.45, 2.75) is 62.9 Å². The van der Waals surface area contributed by atoms with Gasteiger partial charge in [0.05, 0.1) is 36.9 Å². The van der Waals surface area contributed by atoms with Crippen molar-refractivity contribution in [1.29, 1.82) is 0 Å². The first-order valence-electron chi connectivity index (χ1n) is 7.27. The van der Waals surface area contributed by atoms with Gasteiger partial charge >= 0.3 is 5.97 Å². The van der Waals surface area contributed by atoms with Crippen LogP contribution in [0.25, 0.3) is 0 Å². The maximum atomic E-state index is 12.0. The van der Waals surface area contributed by atoms with Crippen molar-refractivity contribution in [3.05, 3.63) is 0 Å². The molecule has 0 spiro atoms. The molecule has 18 heavy (non-hydrogen) atoms. The van der Waals surface area contributed by atoms with Gasteiger partial charge in [-0.2, -0.15) is 0 Å². The third-order valence-electron chi connectivity index (χ3n) is 4.91. The summed E-state index contributed by atoms with van der Waals surface area (Å²) in [5, 5.41) is 0. The van der Waals surface area contributed by atoms with Crippen LogP contribution in [-0.4, -0.2) is 37.0 Å². The molecule has 2 saturated carbocycles. The van der Waals surface area contributed by atoms with Crippen LogP contribution in [0.4, 0.5) is 0 Å². The van der Waals surface area contributed by atoms with Crippen LogP contribution in [0, 0.1) is 11.8 Å². The SMILES string of the molecule is O=C(OC[C@H]1CC[C@H]2O[C@H]2C1)[C@H]1CC[C@H]2O[C@H]2C1. The molecule has 2 aliphatic carbocycles. The highest BCUT2D eigenvalue weighted by atomic mass is 16.6. The molecule has 4 nitrogen and oxygen atoms in total. The van der Waals surface area contributed by atoms with E-state index >= 15 is 0 Å². The molecule has 4 rings (SSSR count). The normalized spacial score (nSPS) is 48.9. The lowest BCUT2D eigenvalue weighted by Crippen LogP contribution is -2.27. The van der Waals surface area contributed by atoms with Crippen molar-refractivity contribution in [3.8, 4) is 0 Å². The molecule has 6 atom stereocenters. The van der Waals surface area contributed by atoms with Gasteiger partial charge in [-0.3, -0.25) is 4.79 Å². The largest absolute Gasteiger partial charge is 0.465 e. The molecule has 100 valence electrons. The minimum absolute atomic E-state index is 0.00258. The van der Waals surface area contributed by atoms with Gasteiger partial charge in [0, 0.05) is 0 Å². The van der Waals surface area contributed by atoms with Crippen molar-refractivity contribution in [3.63, 3.8) is 0 Å². The fourth-order valence-corrected chi connectivity index (χ4v) is 3.57. The highest BCUT2D eigenvalue weighted by Crippen LogP contribution is 2.41. The lowest BCUT2D eigenvalue weighted by molar-refractivity contribution is -0.151. The van der Waals surface area contributed by atoms with Crippen molar-refractivity contribution >= 4 is 5.97 Å². The molecule has 4 heteroatoms. The van der Waals surface area contributed by atoms with E-state index in [9.17, 15) is 4.79 Å². The van der Waals surface area contributed by atoms with Crippen LogP contribution in [0.5, 0.6) is 0 Å². The maximum absolute atomic E-state index is 12.0. The molecular weight excluding hydrogens is 232 g/mol. The van der Waals surface area contributed by atoms with E-state index in [0.29, 0.717) is 36.9 Å². The highest BCUT2D eigenvalue weighted by molar-refractivity contribution is 5.72. The van der Waals surface area contributed by atoms with Crippen LogP contribution >= 0.6 is 0 Å². The Labute approximate surface area is 107 Å². The van der Waals surface area contributed by atoms with Crippen molar-refractivity contribution in [2.75, 3.05) is 6.61 Å². The molecule has 0 amide bonds. The lowest BCUT2D eigenvalue weighted by Gasteiger charge is -2.21. The summed E-state index contributed by atoms with van der Waals surface area (Å²) in [5.74, 6) is 0.608. The van der Waals surface area contributed by atoms with Crippen LogP contribution in [0.1, 0.15) is 38.5 Å². The van der Waals surface area contributed by atoms with E-state index in [4.69, 9.17) is 14.2 Å². The molecule has 2 heterocycles. The second-order valence-corrected chi connectivity index (χ2v) is 6.25. The molecule has 0 aromatic heterocycles. The molecule has 0 aromatic rings. The Morgan fingerprint density at radius 1 is 0.944 bits per heavy atom. The van der Waals surface area contributed by atoms with Gasteiger partial charge in [-0.15, -0.1) is 0 Å². The van der Waals surface area contributed by atoms with Crippen molar-refractivity contribution < 1.29 is 19.0 Å². The second kappa shape index (κ2) is 4.20. The number of esters is 1. The Hall–Kier alpha value is -0.610. The molecular formula is C14H20O4. The van der Waals surface area contributed by atoms with Gasteiger partial charge in [0.25, 0.3) is 0 Å². The third-order valence-corrected chi connectivity index (χ3v) is 4.91. The number of hydrogen-bond donors (Lipinski definition) is 0. The van der Waals surface area contributed by atoms with Gasteiger partial charge in [-0.1, -0.05) is 0 Å². The number of carbonyl (C=O) groups is 1. The van der Waals surface area contributed by atoms with Gasteiger partial charge in [0.15, 0.2) is 0 Å². The maximum Gasteiger partial charge on any atom is 0.309 e. The van der Waals surface area contributed by atoms with Crippen LogP contribution in [0.3, 0.4) is 0 Å². The Kier molecular flexibility index (Phi) is 2.62. The summed E-state index contributed by atoms with van der Waals surface area (Å²) in [6.07, 6.45) is 8.03. The van der Waals surface area contributed by atoms with E-state index in [0.717, 1.165) is 38.5 Å². The predicted molar refractivity (Wildman–Crippen MR) is 63.0 cm³/mol. The average molecular weight is 252 g/mol. The summed E-state index contributed by atoms with van der Waals surface area (Å²) in [7, 11) is 0. The summed E-state index contributed by atoms with van der Waals surface area (Å²) in [5.41, 5.74) is 0. The van der Waals surface area contributed by atoms with Crippen molar-refractivity contribution in [2.24, 2.45) is 11.8 Å². The van der Waals surface area contributed by atoms with Gasteiger partial charge < -0.3 is 14.2 Å². The van der Waals surface area contributed by atoms with E-state index in [1.807, 2.05) is 0 Å². The Morgan fingerprint density at radius 3 is 2.39 bits per heavy atom. The van der Waals surface area contributed by atoms with E-state index in [1.54, 1.807) is 0 Å². The Bertz CT molecular complexity index is 356. The zero-order chi connectivity index (χ0) is 12.1. The summed E-state index contributed by atoms with van der Waals surface area (Å²) in [6.45, 7) is 0.594. The molecule has 0 unspecified atom stereocenters. The predicted octanol–water partition coefficient (Wildman–Crippen LogP) is 1.66. The number of fused-ring (bicyclic) bond motifs is 2.